The Morgan fingerprint density at radius 1 is 1.47 bits per heavy atom. The Kier molecular flexibility index (Phi) is 3.10. The van der Waals surface area contributed by atoms with Gasteiger partial charge in [0.05, 0.1) is 5.02 Å². The van der Waals surface area contributed by atoms with Gasteiger partial charge in [0, 0.05) is 12.2 Å². The van der Waals surface area contributed by atoms with Gasteiger partial charge < -0.3 is 5.73 Å². The molecule has 1 fully saturated rings. The number of nitrogens with one attached hydrogen (secondary N) is 1. The van der Waals surface area contributed by atoms with Crippen LogP contribution in [-0.4, -0.2) is 15.0 Å². The van der Waals surface area contributed by atoms with Crippen molar-refractivity contribution in [2.75, 3.05) is 12.3 Å². The largest absolute Gasteiger partial charge is 0.399 e. The molecule has 0 unspecified atom stereocenters. The van der Waals surface area contributed by atoms with Gasteiger partial charge in [-0.05, 0) is 36.5 Å². The molecule has 0 amide bonds. The molecule has 17 heavy (non-hydrogen) atoms. The maximum atomic E-state index is 12.0. The summed E-state index contributed by atoms with van der Waals surface area (Å²) in [6, 6.07) is 4.44. The standard InChI is InChI=1S/C11H15ClN2O2S/c1-11(4-5-11)7-14-17(15,16)10-6-8(13)2-3-9(10)12/h2-3,6,14H,4-5,7,13H2,1H3. The van der Waals surface area contributed by atoms with Crippen molar-refractivity contribution in [1.82, 2.24) is 4.72 Å². The molecule has 0 saturated heterocycles. The second kappa shape index (κ2) is 4.15. The predicted octanol–water partition coefficient (Wildman–Crippen LogP) is 2.00. The first-order chi connectivity index (χ1) is 7.82. The van der Waals surface area contributed by atoms with Crippen LogP contribution in [0.1, 0.15) is 19.8 Å². The first kappa shape index (κ1) is 12.7. The van der Waals surface area contributed by atoms with E-state index < -0.39 is 10.0 Å². The Morgan fingerprint density at radius 2 is 2.12 bits per heavy atom. The van der Waals surface area contributed by atoms with Crippen molar-refractivity contribution in [2.45, 2.75) is 24.7 Å². The molecule has 1 aromatic rings. The molecule has 1 aliphatic carbocycles. The van der Waals surface area contributed by atoms with Crippen LogP contribution in [0.25, 0.3) is 0 Å². The molecule has 0 bridgehead atoms. The number of sulfonamides is 1. The van der Waals surface area contributed by atoms with Gasteiger partial charge in [0.15, 0.2) is 0 Å². The number of nitrogens with two attached hydrogens (primary N) is 1. The molecule has 1 aliphatic rings. The lowest BCUT2D eigenvalue weighted by atomic mass is 10.2. The molecule has 0 radical (unpaired) electrons. The van der Waals surface area contributed by atoms with Gasteiger partial charge in [-0.25, -0.2) is 13.1 Å². The third-order valence-electron chi connectivity index (χ3n) is 3.04. The zero-order valence-corrected chi connectivity index (χ0v) is 11.1. The van der Waals surface area contributed by atoms with Crippen molar-refractivity contribution >= 4 is 27.3 Å². The van der Waals surface area contributed by atoms with E-state index in [4.69, 9.17) is 17.3 Å². The van der Waals surface area contributed by atoms with E-state index in [1.165, 1.54) is 12.1 Å². The highest BCUT2D eigenvalue weighted by Crippen LogP contribution is 2.44. The predicted molar refractivity (Wildman–Crippen MR) is 68.4 cm³/mol. The van der Waals surface area contributed by atoms with E-state index in [2.05, 4.69) is 11.6 Å². The third-order valence-corrected chi connectivity index (χ3v) is 4.92. The van der Waals surface area contributed by atoms with Crippen molar-refractivity contribution < 1.29 is 8.42 Å². The van der Waals surface area contributed by atoms with E-state index in [1.54, 1.807) is 6.07 Å². The molecular formula is C11H15ClN2O2S. The van der Waals surface area contributed by atoms with Gasteiger partial charge in [0.25, 0.3) is 0 Å². The van der Waals surface area contributed by atoms with Crippen LogP contribution in [0.4, 0.5) is 5.69 Å². The number of hydrogen-bond acceptors (Lipinski definition) is 3. The van der Waals surface area contributed by atoms with Crippen molar-refractivity contribution in [1.29, 1.82) is 0 Å². The first-order valence-corrected chi connectivity index (χ1v) is 7.23. The topological polar surface area (TPSA) is 72.2 Å². The van der Waals surface area contributed by atoms with Crippen LogP contribution < -0.4 is 10.5 Å². The molecular weight excluding hydrogens is 260 g/mol. The Balaban J connectivity index is 2.21. The molecule has 1 aromatic carbocycles. The molecule has 94 valence electrons. The Labute approximate surface area is 106 Å². The summed E-state index contributed by atoms with van der Waals surface area (Å²) in [6.07, 6.45) is 2.11. The highest BCUT2D eigenvalue weighted by molar-refractivity contribution is 7.89. The second-order valence-electron chi connectivity index (χ2n) is 4.83. The lowest BCUT2D eigenvalue weighted by Gasteiger charge is -2.12. The van der Waals surface area contributed by atoms with Crippen LogP contribution >= 0.6 is 11.6 Å². The Morgan fingerprint density at radius 3 is 2.71 bits per heavy atom. The van der Waals surface area contributed by atoms with Gasteiger partial charge in [-0.1, -0.05) is 18.5 Å². The molecule has 0 heterocycles. The molecule has 0 spiro atoms. The smallest absolute Gasteiger partial charge is 0.242 e. The molecule has 0 aromatic heterocycles. The minimum Gasteiger partial charge on any atom is -0.399 e. The second-order valence-corrected chi connectivity index (χ2v) is 6.97. The summed E-state index contributed by atoms with van der Waals surface area (Å²) in [5.41, 5.74) is 6.06. The maximum Gasteiger partial charge on any atom is 0.242 e. The van der Waals surface area contributed by atoms with E-state index in [0.29, 0.717) is 12.2 Å². The Hall–Kier alpha value is -0.780. The molecule has 4 nitrogen and oxygen atoms in total. The van der Waals surface area contributed by atoms with E-state index in [1.807, 2.05) is 0 Å². The third kappa shape index (κ3) is 2.91. The van der Waals surface area contributed by atoms with Gasteiger partial charge in [-0.3, -0.25) is 0 Å². The maximum absolute atomic E-state index is 12.0. The van der Waals surface area contributed by atoms with Crippen LogP contribution in [0.3, 0.4) is 0 Å². The molecule has 3 N–H and O–H groups in total. The summed E-state index contributed by atoms with van der Waals surface area (Å²) in [6.45, 7) is 2.50. The summed E-state index contributed by atoms with van der Waals surface area (Å²) in [5, 5.41) is 0.188. The van der Waals surface area contributed by atoms with E-state index in [0.717, 1.165) is 12.8 Å². The van der Waals surface area contributed by atoms with E-state index in [9.17, 15) is 8.42 Å². The van der Waals surface area contributed by atoms with Crippen LogP contribution in [0.2, 0.25) is 5.02 Å². The summed E-state index contributed by atoms with van der Waals surface area (Å²) < 4.78 is 26.6. The zero-order chi connectivity index (χ0) is 12.7. The lowest BCUT2D eigenvalue weighted by molar-refractivity contribution is 0.530. The molecule has 2 rings (SSSR count). The van der Waals surface area contributed by atoms with Crippen molar-refractivity contribution in [2.24, 2.45) is 5.41 Å². The number of halogens is 1. The van der Waals surface area contributed by atoms with Gasteiger partial charge in [-0.15, -0.1) is 0 Å². The number of benzene rings is 1. The number of hydrogen-bond donors (Lipinski definition) is 2. The van der Waals surface area contributed by atoms with E-state index >= 15 is 0 Å². The number of nitrogen functional groups attached to an aromatic ring is 1. The van der Waals surface area contributed by atoms with Crippen molar-refractivity contribution in [3.63, 3.8) is 0 Å². The average Bonchev–Trinajstić information content (AvgIpc) is 2.98. The lowest BCUT2D eigenvalue weighted by Crippen LogP contribution is -2.29. The summed E-state index contributed by atoms with van der Waals surface area (Å²) in [4.78, 5) is 0.0448. The minimum absolute atomic E-state index is 0.0448. The SMILES string of the molecule is CC1(CNS(=O)(=O)c2cc(N)ccc2Cl)CC1. The van der Waals surface area contributed by atoms with Crippen molar-refractivity contribution in [3.05, 3.63) is 23.2 Å². The number of anilines is 1. The van der Waals surface area contributed by atoms with Crippen LogP contribution in [0.15, 0.2) is 23.1 Å². The normalized spacial score (nSPS) is 18.0. The molecule has 6 heteroatoms. The van der Waals surface area contributed by atoms with Crippen LogP contribution in [0.5, 0.6) is 0 Å². The fourth-order valence-corrected chi connectivity index (χ4v) is 3.20. The van der Waals surface area contributed by atoms with Gasteiger partial charge in [0.1, 0.15) is 4.90 Å². The van der Waals surface area contributed by atoms with Gasteiger partial charge in [0.2, 0.25) is 10.0 Å². The summed E-state index contributed by atoms with van der Waals surface area (Å²) >= 11 is 5.87. The van der Waals surface area contributed by atoms with Gasteiger partial charge in [-0.2, -0.15) is 0 Å². The summed E-state index contributed by atoms with van der Waals surface area (Å²) in [7, 11) is -3.57. The molecule has 1 saturated carbocycles. The summed E-state index contributed by atoms with van der Waals surface area (Å²) in [5.74, 6) is 0. The minimum atomic E-state index is -3.57. The van der Waals surface area contributed by atoms with Crippen LogP contribution in [-0.2, 0) is 10.0 Å². The fourth-order valence-electron chi connectivity index (χ4n) is 1.46. The zero-order valence-electron chi connectivity index (χ0n) is 9.53. The average molecular weight is 275 g/mol. The van der Waals surface area contributed by atoms with Crippen LogP contribution in [0, 0.1) is 5.41 Å². The quantitative estimate of drug-likeness (QED) is 0.825. The number of rotatable bonds is 4. The van der Waals surface area contributed by atoms with E-state index in [-0.39, 0.29) is 15.3 Å². The molecule has 0 aliphatic heterocycles. The van der Waals surface area contributed by atoms with Crippen molar-refractivity contribution in [3.8, 4) is 0 Å². The highest BCUT2D eigenvalue weighted by atomic mass is 35.5. The monoisotopic (exact) mass is 274 g/mol. The molecule has 0 atom stereocenters. The highest BCUT2D eigenvalue weighted by Gasteiger charge is 2.38. The fraction of sp³-hybridized carbons (Fsp3) is 0.455. The van der Waals surface area contributed by atoms with Gasteiger partial charge >= 0.3 is 0 Å². The Bertz CT molecular complexity index is 538. The first-order valence-electron chi connectivity index (χ1n) is 5.37.